The number of carbonyl (C=O) groups excluding carboxylic acids is 3. The second-order valence-electron chi connectivity index (χ2n) is 11.9. The number of rotatable bonds is 11. The first kappa shape index (κ1) is 30.8. The molecule has 0 unspecified atom stereocenters. The van der Waals surface area contributed by atoms with Crippen molar-refractivity contribution in [3.05, 3.63) is 129 Å². The van der Waals surface area contributed by atoms with Gasteiger partial charge in [0.05, 0.1) is 0 Å². The Labute approximate surface area is 260 Å². The quantitative estimate of drug-likeness (QED) is 0.0763. The lowest BCUT2D eigenvalue weighted by atomic mass is 9.71. The lowest BCUT2D eigenvalue weighted by Crippen LogP contribution is -2.26. The molecule has 0 N–H and O–H groups in total. The number of fused-ring (bicyclic) bond motifs is 3. The number of oxime groups is 1. The second kappa shape index (κ2) is 12.9. The number of ketones is 2. The standard InChI is InChI=1S/C39H39NO4/c1-6-19-39(20-7-2)34-23-29(37(42)31-14-9-8-12-26(31)4)15-17-32(34)33-18-16-30(24-35(33)39)38(43)36(40-44-27(5)41)22-28-13-10-11-25(3)21-28/h8-18,21,23-24H,6-7,19-20,22H2,1-5H3/b40-36+. The molecular weight excluding hydrogens is 546 g/mol. The number of nitrogens with zero attached hydrogens (tertiary/aromatic N) is 1. The Hall–Kier alpha value is -4.64. The van der Waals surface area contributed by atoms with Crippen LogP contribution in [0.3, 0.4) is 0 Å². The zero-order valence-electron chi connectivity index (χ0n) is 26.2. The van der Waals surface area contributed by atoms with Crippen LogP contribution in [0.1, 0.15) is 101 Å². The molecule has 0 aromatic heterocycles. The molecule has 0 atom stereocenters. The Bertz CT molecular complexity index is 1770. The van der Waals surface area contributed by atoms with Gasteiger partial charge in [0.2, 0.25) is 5.78 Å². The molecule has 0 amide bonds. The fourth-order valence-electron chi connectivity index (χ4n) is 6.73. The Morgan fingerprint density at radius 2 is 1.39 bits per heavy atom. The summed E-state index contributed by atoms with van der Waals surface area (Å²) in [6.07, 6.45) is 3.90. The smallest absolute Gasteiger partial charge is 0.318 e. The normalized spacial score (nSPS) is 13.2. The number of hydrogen-bond donors (Lipinski definition) is 0. The Morgan fingerprint density at radius 1 is 0.750 bits per heavy atom. The first-order valence-corrected chi connectivity index (χ1v) is 15.4. The van der Waals surface area contributed by atoms with Crippen molar-refractivity contribution in [2.75, 3.05) is 0 Å². The minimum absolute atomic E-state index is 0.0158. The third-order valence-electron chi connectivity index (χ3n) is 8.63. The minimum atomic E-state index is -0.579. The van der Waals surface area contributed by atoms with E-state index < -0.39 is 5.97 Å². The van der Waals surface area contributed by atoms with Crippen molar-refractivity contribution in [1.82, 2.24) is 0 Å². The van der Waals surface area contributed by atoms with E-state index in [1.54, 1.807) is 0 Å². The van der Waals surface area contributed by atoms with E-state index >= 15 is 0 Å². The van der Waals surface area contributed by atoms with Crippen LogP contribution in [-0.4, -0.2) is 23.2 Å². The van der Waals surface area contributed by atoms with Crippen molar-refractivity contribution in [2.45, 2.75) is 72.1 Å². The van der Waals surface area contributed by atoms with Gasteiger partial charge < -0.3 is 4.84 Å². The van der Waals surface area contributed by atoms with Crippen molar-refractivity contribution in [3.63, 3.8) is 0 Å². The maximum atomic E-state index is 14.0. The summed E-state index contributed by atoms with van der Waals surface area (Å²) in [4.78, 5) is 44.3. The summed E-state index contributed by atoms with van der Waals surface area (Å²) >= 11 is 0. The van der Waals surface area contributed by atoms with Crippen molar-refractivity contribution in [1.29, 1.82) is 0 Å². The van der Waals surface area contributed by atoms with Crippen LogP contribution >= 0.6 is 0 Å². The zero-order valence-corrected chi connectivity index (χ0v) is 26.2. The van der Waals surface area contributed by atoms with E-state index in [0.717, 1.165) is 64.6 Å². The molecule has 5 rings (SSSR count). The van der Waals surface area contributed by atoms with Crippen LogP contribution in [0, 0.1) is 13.8 Å². The lowest BCUT2D eigenvalue weighted by Gasteiger charge is -2.32. The van der Waals surface area contributed by atoms with Gasteiger partial charge in [-0.25, -0.2) is 4.79 Å². The first-order chi connectivity index (χ1) is 21.2. The number of aryl methyl sites for hydroxylation is 2. The van der Waals surface area contributed by atoms with E-state index in [1.807, 2.05) is 86.6 Å². The van der Waals surface area contributed by atoms with E-state index in [0.29, 0.717) is 16.7 Å². The first-order valence-electron chi connectivity index (χ1n) is 15.4. The fourth-order valence-corrected chi connectivity index (χ4v) is 6.73. The topological polar surface area (TPSA) is 72.8 Å². The molecule has 1 aliphatic rings. The summed E-state index contributed by atoms with van der Waals surface area (Å²) in [5.41, 5.74) is 9.10. The largest absolute Gasteiger partial charge is 0.331 e. The Morgan fingerprint density at radius 3 is 2.00 bits per heavy atom. The van der Waals surface area contributed by atoms with E-state index in [-0.39, 0.29) is 29.1 Å². The molecule has 0 bridgehead atoms. The molecule has 0 saturated carbocycles. The van der Waals surface area contributed by atoms with E-state index in [1.165, 1.54) is 6.92 Å². The molecule has 0 aliphatic heterocycles. The van der Waals surface area contributed by atoms with Crippen LogP contribution in [0.2, 0.25) is 0 Å². The maximum Gasteiger partial charge on any atom is 0.331 e. The SMILES string of the molecule is CCCC1(CCC)c2cc(C(=O)/C(Cc3cccc(C)c3)=N/OC(C)=O)ccc2-c2ccc(C(=O)c3ccccc3C)cc21. The van der Waals surface area contributed by atoms with Crippen LogP contribution in [0.15, 0.2) is 90.1 Å². The summed E-state index contributed by atoms with van der Waals surface area (Å²) in [6, 6.07) is 27.5. The molecule has 5 nitrogen and oxygen atoms in total. The van der Waals surface area contributed by atoms with Gasteiger partial charge in [-0.2, -0.15) is 0 Å². The van der Waals surface area contributed by atoms with Gasteiger partial charge in [0.25, 0.3) is 0 Å². The molecule has 0 heterocycles. The highest BCUT2D eigenvalue weighted by molar-refractivity contribution is 6.46. The van der Waals surface area contributed by atoms with Crippen molar-refractivity contribution in [3.8, 4) is 11.1 Å². The van der Waals surface area contributed by atoms with E-state index in [2.05, 4.69) is 31.1 Å². The van der Waals surface area contributed by atoms with Gasteiger partial charge in [-0.15, -0.1) is 0 Å². The molecule has 4 aromatic rings. The fraction of sp³-hybridized carbons (Fsp3) is 0.282. The highest BCUT2D eigenvalue weighted by Gasteiger charge is 2.42. The van der Waals surface area contributed by atoms with E-state index in [4.69, 9.17) is 4.84 Å². The third-order valence-corrected chi connectivity index (χ3v) is 8.63. The Kier molecular flexibility index (Phi) is 9.05. The monoisotopic (exact) mass is 585 g/mol. The maximum absolute atomic E-state index is 14.0. The van der Waals surface area contributed by atoms with Crippen LogP contribution in [-0.2, 0) is 21.5 Å². The van der Waals surface area contributed by atoms with Gasteiger partial charge in [-0.3, -0.25) is 9.59 Å². The highest BCUT2D eigenvalue weighted by Crippen LogP contribution is 2.54. The van der Waals surface area contributed by atoms with E-state index in [9.17, 15) is 14.4 Å². The Balaban J connectivity index is 1.60. The molecule has 224 valence electrons. The summed E-state index contributed by atoms with van der Waals surface area (Å²) in [7, 11) is 0. The molecule has 0 radical (unpaired) electrons. The number of carbonyl (C=O) groups is 3. The highest BCUT2D eigenvalue weighted by atomic mass is 16.7. The molecule has 0 fully saturated rings. The van der Waals surface area contributed by atoms with Gasteiger partial charge in [0, 0.05) is 35.4 Å². The number of hydrogen-bond acceptors (Lipinski definition) is 5. The summed E-state index contributed by atoms with van der Waals surface area (Å²) in [6.45, 7) is 9.59. The average Bonchev–Trinajstić information content (AvgIpc) is 3.27. The summed E-state index contributed by atoms with van der Waals surface area (Å²) in [5.74, 6) is -0.837. The lowest BCUT2D eigenvalue weighted by molar-refractivity contribution is -0.140. The van der Waals surface area contributed by atoms with Gasteiger partial charge in [-0.05, 0) is 72.2 Å². The molecular formula is C39H39NO4. The van der Waals surface area contributed by atoms with Crippen LogP contribution in [0.5, 0.6) is 0 Å². The third kappa shape index (κ3) is 5.92. The predicted octanol–water partition coefficient (Wildman–Crippen LogP) is 8.75. The predicted molar refractivity (Wildman–Crippen MR) is 175 cm³/mol. The van der Waals surface area contributed by atoms with Crippen LogP contribution in [0.4, 0.5) is 0 Å². The van der Waals surface area contributed by atoms with Crippen molar-refractivity contribution < 1.29 is 19.2 Å². The molecule has 1 aliphatic carbocycles. The molecule has 0 saturated heterocycles. The van der Waals surface area contributed by atoms with Gasteiger partial charge in [0.15, 0.2) is 5.78 Å². The molecule has 4 aromatic carbocycles. The van der Waals surface area contributed by atoms with Gasteiger partial charge in [0.1, 0.15) is 5.71 Å². The second-order valence-corrected chi connectivity index (χ2v) is 11.9. The van der Waals surface area contributed by atoms with Gasteiger partial charge in [-0.1, -0.05) is 110 Å². The molecule has 0 spiro atoms. The minimum Gasteiger partial charge on any atom is -0.318 e. The number of benzene rings is 4. The zero-order chi connectivity index (χ0) is 31.4. The molecule has 44 heavy (non-hydrogen) atoms. The average molecular weight is 586 g/mol. The van der Waals surface area contributed by atoms with Crippen molar-refractivity contribution in [2.24, 2.45) is 5.16 Å². The van der Waals surface area contributed by atoms with Crippen molar-refractivity contribution >= 4 is 23.2 Å². The summed E-state index contributed by atoms with van der Waals surface area (Å²) in [5, 5.41) is 4.01. The number of Topliss-reactive ketones (excluding diaryl/α,β-unsaturated/α-hetero) is 1. The van der Waals surface area contributed by atoms with Crippen LogP contribution < -0.4 is 0 Å². The summed E-state index contributed by atoms with van der Waals surface area (Å²) < 4.78 is 0. The molecule has 5 heteroatoms. The van der Waals surface area contributed by atoms with Gasteiger partial charge >= 0.3 is 5.97 Å². The van der Waals surface area contributed by atoms with Crippen LogP contribution in [0.25, 0.3) is 11.1 Å².